The predicted octanol–water partition coefficient (Wildman–Crippen LogP) is 1.47. The standard InChI is InChI=1S/C15H24N4/c1-16-10-12-5-7-17-15(9-12)19-8-6-13-3-4-14(11-19)18(13)2/h5,7,9,13-14,16H,3-4,6,8,10-11H2,1-2H3. The quantitative estimate of drug-likeness (QED) is 0.892. The first kappa shape index (κ1) is 12.9. The van der Waals surface area contributed by atoms with Crippen molar-refractivity contribution < 1.29 is 0 Å². The largest absolute Gasteiger partial charge is 0.355 e. The molecule has 0 aromatic carbocycles. The molecule has 1 aromatic rings. The second kappa shape index (κ2) is 5.47. The SMILES string of the molecule is CNCc1ccnc(N2CCC3CCC(C2)N3C)c1. The molecule has 1 N–H and O–H groups in total. The predicted molar refractivity (Wildman–Crippen MR) is 78.4 cm³/mol. The van der Waals surface area contributed by atoms with Gasteiger partial charge in [-0.05, 0) is 51.1 Å². The van der Waals surface area contributed by atoms with E-state index >= 15 is 0 Å². The summed E-state index contributed by atoms with van der Waals surface area (Å²) in [6, 6.07) is 5.82. The van der Waals surface area contributed by atoms with Crippen LogP contribution in [0.15, 0.2) is 18.3 Å². The fourth-order valence-corrected chi connectivity index (χ4v) is 3.46. The molecule has 104 valence electrons. The number of hydrogen-bond donors (Lipinski definition) is 1. The number of rotatable bonds is 3. The van der Waals surface area contributed by atoms with Crippen LogP contribution in [-0.4, -0.2) is 49.2 Å². The van der Waals surface area contributed by atoms with Crippen LogP contribution in [0, 0.1) is 0 Å². The van der Waals surface area contributed by atoms with Gasteiger partial charge in [0.25, 0.3) is 0 Å². The normalized spacial score (nSPS) is 27.6. The van der Waals surface area contributed by atoms with Gasteiger partial charge in [-0.2, -0.15) is 0 Å². The van der Waals surface area contributed by atoms with Crippen molar-refractivity contribution in [1.82, 2.24) is 15.2 Å². The Kier molecular flexibility index (Phi) is 3.71. The van der Waals surface area contributed by atoms with Crippen LogP contribution in [0.25, 0.3) is 0 Å². The van der Waals surface area contributed by atoms with E-state index in [1.165, 1.54) is 24.8 Å². The molecule has 2 unspecified atom stereocenters. The lowest BCUT2D eigenvalue weighted by atomic mass is 10.1. The van der Waals surface area contributed by atoms with Crippen molar-refractivity contribution in [2.75, 3.05) is 32.1 Å². The third-order valence-electron chi connectivity index (χ3n) is 4.66. The molecule has 3 heterocycles. The number of anilines is 1. The van der Waals surface area contributed by atoms with Gasteiger partial charge in [-0.15, -0.1) is 0 Å². The summed E-state index contributed by atoms with van der Waals surface area (Å²) in [6.45, 7) is 3.18. The van der Waals surface area contributed by atoms with E-state index in [1.807, 2.05) is 13.2 Å². The summed E-state index contributed by atoms with van der Waals surface area (Å²) >= 11 is 0. The zero-order valence-electron chi connectivity index (χ0n) is 12.0. The molecule has 1 aromatic heterocycles. The molecule has 2 aliphatic heterocycles. The Hall–Kier alpha value is -1.13. The van der Waals surface area contributed by atoms with Crippen molar-refractivity contribution in [3.63, 3.8) is 0 Å². The molecule has 3 rings (SSSR count). The highest BCUT2D eigenvalue weighted by molar-refractivity contribution is 5.41. The Labute approximate surface area is 115 Å². The lowest BCUT2D eigenvalue weighted by molar-refractivity contribution is 0.254. The van der Waals surface area contributed by atoms with Crippen LogP contribution in [0.1, 0.15) is 24.8 Å². The van der Waals surface area contributed by atoms with E-state index in [2.05, 4.69) is 39.3 Å². The molecule has 4 nitrogen and oxygen atoms in total. The van der Waals surface area contributed by atoms with Gasteiger partial charge in [-0.25, -0.2) is 4.98 Å². The summed E-state index contributed by atoms with van der Waals surface area (Å²) in [7, 11) is 4.27. The molecule has 2 fully saturated rings. The third-order valence-corrected chi connectivity index (χ3v) is 4.66. The smallest absolute Gasteiger partial charge is 0.128 e. The average molecular weight is 260 g/mol. The van der Waals surface area contributed by atoms with E-state index < -0.39 is 0 Å². The second-order valence-electron chi connectivity index (χ2n) is 5.84. The molecule has 0 saturated carbocycles. The molecule has 0 spiro atoms. The molecule has 2 aliphatic rings. The van der Waals surface area contributed by atoms with E-state index in [0.717, 1.165) is 31.5 Å². The van der Waals surface area contributed by atoms with Gasteiger partial charge in [0, 0.05) is 37.9 Å². The molecular formula is C15H24N4. The van der Waals surface area contributed by atoms with E-state index in [4.69, 9.17) is 0 Å². The number of nitrogens with zero attached hydrogens (tertiary/aromatic N) is 3. The molecule has 2 atom stereocenters. The minimum Gasteiger partial charge on any atom is -0.355 e. The van der Waals surface area contributed by atoms with Crippen molar-refractivity contribution >= 4 is 5.82 Å². The number of hydrogen-bond acceptors (Lipinski definition) is 4. The van der Waals surface area contributed by atoms with Gasteiger partial charge < -0.3 is 10.2 Å². The first-order chi connectivity index (χ1) is 9.28. The molecule has 0 aliphatic carbocycles. The van der Waals surface area contributed by atoms with Crippen LogP contribution in [0.3, 0.4) is 0 Å². The van der Waals surface area contributed by atoms with Crippen molar-refractivity contribution in [1.29, 1.82) is 0 Å². The fourth-order valence-electron chi connectivity index (χ4n) is 3.46. The lowest BCUT2D eigenvalue weighted by Crippen LogP contribution is -2.37. The number of aromatic nitrogens is 1. The number of fused-ring (bicyclic) bond motifs is 2. The minimum atomic E-state index is 0.710. The zero-order valence-corrected chi connectivity index (χ0v) is 12.0. The number of nitrogens with one attached hydrogen (secondary N) is 1. The Balaban J connectivity index is 1.77. The van der Waals surface area contributed by atoms with Crippen molar-refractivity contribution in [2.45, 2.75) is 37.9 Å². The van der Waals surface area contributed by atoms with Crippen LogP contribution in [0.4, 0.5) is 5.82 Å². The summed E-state index contributed by atoms with van der Waals surface area (Å²) in [4.78, 5) is 9.63. The Morgan fingerprint density at radius 1 is 1.32 bits per heavy atom. The first-order valence-corrected chi connectivity index (χ1v) is 7.34. The van der Waals surface area contributed by atoms with Crippen molar-refractivity contribution in [2.24, 2.45) is 0 Å². The first-order valence-electron chi connectivity index (χ1n) is 7.34. The molecule has 4 heteroatoms. The van der Waals surface area contributed by atoms with Crippen LogP contribution in [0.2, 0.25) is 0 Å². The molecule has 2 bridgehead atoms. The van der Waals surface area contributed by atoms with E-state index in [9.17, 15) is 0 Å². The van der Waals surface area contributed by atoms with Gasteiger partial charge in [0.1, 0.15) is 5.82 Å². The highest BCUT2D eigenvalue weighted by Gasteiger charge is 2.34. The van der Waals surface area contributed by atoms with E-state index in [0.29, 0.717) is 6.04 Å². The van der Waals surface area contributed by atoms with Gasteiger partial charge in [-0.1, -0.05) is 0 Å². The summed E-state index contributed by atoms with van der Waals surface area (Å²) in [6.07, 6.45) is 5.93. The van der Waals surface area contributed by atoms with Gasteiger partial charge in [0.15, 0.2) is 0 Å². The van der Waals surface area contributed by atoms with E-state index in [1.54, 1.807) is 0 Å². The second-order valence-corrected chi connectivity index (χ2v) is 5.84. The van der Waals surface area contributed by atoms with E-state index in [-0.39, 0.29) is 0 Å². The van der Waals surface area contributed by atoms with Crippen molar-refractivity contribution in [3.8, 4) is 0 Å². The fraction of sp³-hybridized carbons (Fsp3) is 0.667. The van der Waals surface area contributed by atoms with Gasteiger partial charge >= 0.3 is 0 Å². The average Bonchev–Trinajstić information content (AvgIpc) is 2.64. The van der Waals surface area contributed by atoms with Gasteiger partial charge in [-0.3, -0.25) is 4.90 Å². The third kappa shape index (κ3) is 2.60. The summed E-state index contributed by atoms with van der Waals surface area (Å²) in [5, 5.41) is 3.21. The summed E-state index contributed by atoms with van der Waals surface area (Å²) in [5.74, 6) is 1.15. The molecule has 19 heavy (non-hydrogen) atoms. The highest BCUT2D eigenvalue weighted by atomic mass is 15.3. The van der Waals surface area contributed by atoms with Gasteiger partial charge in [0.05, 0.1) is 0 Å². The van der Waals surface area contributed by atoms with Crippen LogP contribution >= 0.6 is 0 Å². The number of likely N-dealkylation sites (N-methyl/N-ethyl adjacent to an activating group) is 1. The maximum atomic E-state index is 4.58. The molecular weight excluding hydrogens is 236 g/mol. The Morgan fingerprint density at radius 2 is 2.16 bits per heavy atom. The zero-order chi connectivity index (χ0) is 13.2. The van der Waals surface area contributed by atoms with Crippen LogP contribution in [0.5, 0.6) is 0 Å². The molecule has 2 saturated heterocycles. The van der Waals surface area contributed by atoms with Crippen LogP contribution < -0.4 is 10.2 Å². The summed E-state index contributed by atoms with van der Waals surface area (Å²) in [5.41, 5.74) is 1.32. The topological polar surface area (TPSA) is 31.4 Å². The maximum Gasteiger partial charge on any atom is 0.128 e. The van der Waals surface area contributed by atoms with Crippen LogP contribution in [-0.2, 0) is 6.54 Å². The lowest BCUT2D eigenvalue weighted by Gasteiger charge is -2.26. The monoisotopic (exact) mass is 260 g/mol. The highest BCUT2D eigenvalue weighted by Crippen LogP contribution is 2.30. The van der Waals surface area contributed by atoms with Gasteiger partial charge in [0.2, 0.25) is 0 Å². The summed E-state index contributed by atoms with van der Waals surface area (Å²) < 4.78 is 0. The Morgan fingerprint density at radius 3 is 3.00 bits per heavy atom. The maximum absolute atomic E-state index is 4.58. The molecule has 0 amide bonds. The Bertz CT molecular complexity index is 434. The minimum absolute atomic E-state index is 0.710. The number of pyridine rings is 1. The van der Waals surface area contributed by atoms with Crippen molar-refractivity contribution in [3.05, 3.63) is 23.9 Å². The molecule has 0 radical (unpaired) electrons.